The average Bonchev–Trinajstić information content (AvgIpc) is 3.50. The van der Waals surface area contributed by atoms with Gasteiger partial charge >= 0.3 is 5.97 Å². The highest BCUT2D eigenvalue weighted by Crippen LogP contribution is 2.37. The van der Waals surface area contributed by atoms with Crippen LogP contribution in [0, 0.1) is 6.92 Å². The number of aryl methyl sites for hydroxylation is 1. The maximum absolute atomic E-state index is 14.2. The number of para-hydroxylation sites is 1. The van der Waals surface area contributed by atoms with E-state index in [1.807, 2.05) is 48.5 Å². The van der Waals surface area contributed by atoms with E-state index in [-0.39, 0.29) is 11.1 Å². The third-order valence-corrected chi connectivity index (χ3v) is 8.55. The number of nitrogens with zero attached hydrogens (tertiary/aromatic N) is 2. The Balaban J connectivity index is 1.66. The summed E-state index contributed by atoms with van der Waals surface area (Å²) in [4.78, 5) is 36.0. The molecule has 0 aliphatic carbocycles. The van der Waals surface area contributed by atoms with Crippen LogP contribution in [0.5, 0.6) is 5.75 Å². The Morgan fingerprint density at radius 1 is 1.07 bits per heavy atom. The van der Waals surface area contributed by atoms with Gasteiger partial charge in [0.15, 0.2) is 4.80 Å². The van der Waals surface area contributed by atoms with Crippen molar-refractivity contribution in [3.05, 3.63) is 119 Å². The van der Waals surface area contributed by atoms with Crippen LogP contribution in [0.2, 0.25) is 5.02 Å². The molecular formula is C32H26ClN3O4S. The Hall–Kier alpha value is -4.40. The van der Waals surface area contributed by atoms with Crippen molar-refractivity contribution in [2.45, 2.75) is 19.9 Å². The lowest BCUT2D eigenvalue weighted by atomic mass is 9.95. The van der Waals surface area contributed by atoms with Gasteiger partial charge in [0.05, 0.1) is 35.7 Å². The summed E-state index contributed by atoms with van der Waals surface area (Å²) in [5.41, 5.74) is 5.94. The van der Waals surface area contributed by atoms with Crippen molar-refractivity contribution in [3.63, 3.8) is 0 Å². The zero-order chi connectivity index (χ0) is 28.8. The third-order valence-electron chi connectivity index (χ3n) is 7.33. The number of hydrogen-bond acceptors (Lipinski definition) is 6. The second-order valence-electron chi connectivity index (χ2n) is 9.74. The maximum Gasteiger partial charge on any atom is 0.338 e. The van der Waals surface area contributed by atoms with E-state index >= 15 is 0 Å². The first-order valence-corrected chi connectivity index (χ1v) is 14.1. The molecule has 7 nitrogen and oxygen atoms in total. The van der Waals surface area contributed by atoms with Gasteiger partial charge in [0.25, 0.3) is 5.56 Å². The highest BCUT2D eigenvalue weighted by Gasteiger charge is 2.35. The number of carbonyl (C=O) groups excluding carboxylic acids is 1. The van der Waals surface area contributed by atoms with E-state index in [0.29, 0.717) is 31.4 Å². The van der Waals surface area contributed by atoms with Gasteiger partial charge in [-0.15, -0.1) is 0 Å². The summed E-state index contributed by atoms with van der Waals surface area (Å²) in [6.45, 7) is 3.80. The molecule has 6 rings (SSSR count). The minimum atomic E-state index is -0.840. The summed E-state index contributed by atoms with van der Waals surface area (Å²) in [5.74, 6) is -0.0884. The number of methoxy groups -OCH3 is 2. The van der Waals surface area contributed by atoms with E-state index in [2.05, 4.69) is 23.0 Å². The van der Waals surface area contributed by atoms with E-state index in [9.17, 15) is 9.59 Å². The molecule has 3 aromatic carbocycles. The molecule has 0 fully saturated rings. The van der Waals surface area contributed by atoms with Gasteiger partial charge in [-0.3, -0.25) is 9.36 Å². The maximum atomic E-state index is 14.2. The second kappa shape index (κ2) is 10.5. The number of H-pyrrole nitrogens is 1. The van der Waals surface area contributed by atoms with Crippen LogP contribution in [0.4, 0.5) is 0 Å². The minimum absolute atomic E-state index is 0.250. The fraction of sp³-hybridized carbons (Fsp3) is 0.156. The zero-order valence-corrected chi connectivity index (χ0v) is 24.4. The fourth-order valence-corrected chi connectivity index (χ4v) is 6.61. The number of nitrogens with one attached hydrogen (secondary N) is 1. The SMILES string of the molecule is COC(=O)C1=C(C)N=c2s/c(=C\c3c(-c4ccccc4)[nH]c4c(C)cccc34)c(=O)n2[C@H]1c1cc(Cl)ccc1OC. The number of allylic oxidation sites excluding steroid dienone is 1. The monoisotopic (exact) mass is 583 g/mol. The summed E-state index contributed by atoms with van der Waals surface area (Å²) in [6.07, 6.45) is 1.91. The van der Waals surface area contributed by atoms with Crippen LogP contribution in [0.1, 0.15) is 29.7 Å². The normalized spacial score (nSPS) is 15.1. The van der Waals surface area contributed by atoms with Gasteiger partial charge in [-0.25, -0.2) is 9.79 Å². The Morgan fingerprint density at radius 2 is 1.85 bits per heavy atom. The summed E-state index contributed by atoms with van der Waals surface area (Å²) >= 11 is 7.67. The van der Waals surface area contributed by atoms with Crippen molar-refractivity contribution >= 4 is 45.9 Å². The van der Waals surface area contributed by atoms with Crippen molar-refractivity contribution in [1.82, 2.24) is 9.55 Å². The van der Waals surface area contributed by atoms with Crippen LogP contribution in [-0.4, -0.2) is 29.7 Å². The molecule has 1 N–H and O–H groups in total. The molecule has 0 spiro atoms. The Bertz CT molecular complexity index is 2050. The Labute approximate surface area is 244 Å². The number of aromatic nitrogens is 2. The molecule has 2 aromatic heterocycles. The summed E-state index contributed by atoms with van der Waals surface area (Å²) < 4.78 is 12.8. The number of esters is 1. The molecule has 1 aliphatic rings. The lowest BCUT2D eigenvalue weighted by molar-refractivity contribution is -0.136. The molecule has 0 saturated heterocycles. The van der Waals surface area contributed by atoms with E-state index in [1.54, 1.807) is 25.1 Å². The van der Waals surface area contributed by atoms with Gasteiger partial charge in [-0.2, -0.15) is 0 Å². The molecule has 0 amide bonds. The standard InChI is InChI=1S/C32H26ClN3O4S/c1-17-9-8-12-21-22(28(35-27(17)21)19-10-6-5-7-11-19)16-25-30(37)36-29(23-15-20(33)13-14-24(23)39-3)26(31(38)40-4)18(2)34-32(36)41-25/h5-16,29,35H,1-4H3/b25-16-/t29-/m0/s1. The van der Waals surface area contributed by atoms with E-state index in [1.165, 1.54) is 30.1 Å². The van der Waals surface area contributed by atoms with Crippen LogP contribution >= 0.6 is 22.9 Å². The van der Waals surface area contributed by atoms with E-state index in [0.717, 1.165) is 33.3 Å². The van der Waals surface area contributed by atoms with Gasteiger partial charge in [0.2, 0.25) is 0 Å². The highest BCUT2D eigenvalue weighted by atomic mass is 35.5. The van der Waals surface area contributed by atoms with Crippen LogP contribution in [-0.2, 0) is 9.53 Å². The average molecular weight is 584 g/mol. The van der Waals surface area contributed by atoms with Crippen molar-refractivity contribution < 1.29 is 14.3 Å². The first kappa shape index (κ1) is 26.8. The van der Waals surface area contributed by atoms with Gasteiger partial charge < -0.3 is 14.5 Å². The van der Waals surface area contributed by atoms with Crippen molar-refractivity contribution in [2.24, 2.45) is 4.99 Å². The lowest BCUT2D eigenvalue weighted by Crippen LogP contribution is -2.40. The van der Waals surface area contributed by atoms with Crippen LogP contribution in [0.15, 0.2) is 87.8 Å². The van der Waals surface area contributed by atoms with Crippen molar-refractivity contribution in [2.75, 3.05) is 14.2 Å². The number of benzene rings is 3. The van der Waals surface area contributed by atoms with Crippen molar-refractivity contribution in [1.29, 1.82) is 0 Å². The van der Waals surface area contributed by atoms with Gasteiger partial charge in [-0.05, 0) is 49.2 Å². The number of carbonyl (C=O) groups is 1. The van der Waals surface area contributed by atoms with E-state index in [4.69, 9.17) is 21.1 Å². The molecule has 0 saturated carbocycles. The molecule has 0 radical (unpaired) electrons. The number of aromatic amines is 1. The number of ether oxygens (including phenoxy) is 2. The summed E-state index contributed by atoms with van der Waals surface area (Å²) in [7, 11) is 2.85. The minimum Gasteiger partial charge on any atom is -0.496 e. The second-order valence-corrected chi connectivity index (χ2v) is 11.2. The number of thiazole rings is 1. The van der Waals surface area contributed by atoms with Crippen molar-refractivity contribution in [3.8, 4) is 17.0 Å². The zero-order valence-electron chi connectivity index (χ0n) is 22.8. The van der Waals surface area contributed by atoms with E-state index < -0.39 is 12.0 Å². The molecule has 0 unspecified atom stereocenters. The smallest absolute Gasteiger partial charge is 0.338 e. The number of hydrogen-bond donors (Lipinski definition) is 1. The third kappa shape index (κ3) is 4.49. The first-order valence-electron chi connectivity index (χ1n) is 12.9. The fourth-order valence-electron chi connectivity index (χ4n) is 5.40. The largest absolute Gasteiger partial charge is 0.496 e. The topological polar surface area (TPSA) is 85.7 Å². The van der Waals surface area contributed by atoms with Gasteiger partial charge in [0.1, 0.15) is 11.8 Å². The number of rotatable bonds is 5. The molecule has 1 aliphatic heterocycles. The number of fused-ring (bicyclic) bond motifs is 2. The molecule has 0 bridgehead atoms. The Kier molecular flexibility index (Phi) is 6.89. The summed E-state index contributed by atoms with van der Waals surface area (Å²) in [6, 6.07) is 20.4. The number of halogens is 1. The van der Waals surface area contributed by atoms with Crippen LogP contribution in [0.25, 0.3) is 28.2 Å². The quantitative estimate of drug-likeness (QED) is 0.276. The van der Waals surface area contributed by atoms with Gasteiger partial charge in [-0.1, -0.05) is 71.5 Å². The van der Waals surface area contributed by atoms with Crippen LogP contribution in [0.3, 0.4) is 0 Å². The Morgan fingerprint density at radius 3 is 2.59 bits per heavy atom. The highest BCUT2D eigenvalue weighted by molar-refractivity contribution is 7.07. The predicted molar refractivity (Wildman–Crippen MR) is 162 cm³/mol. The van der Waals surface area contributed by atoms with Gasteiger partial charge in [0, 0.05) is 27.1 Å². The molecule has 5 aromatic rings. The first-order chi connectivity index (χ1) is 19.8. The summed E-state index contributed by atoms with van der Waals surface area (Å²) in [5, 5.41) is 1.46. The predicted octanol–water partition coefficient (Wildman–Crippen LogP) is 5.53. The molecule has 206 valence electrons. The molecule has 9 heteroatoms. The van der Waals surface area contributed by atoms with Crippen LogP contribution < -0.4 is 19.6 Å². The molecule has 41 heavy (non-hydrogen) atoms. The lowest BCUT2D eigenvalue weighted by Gasteiger charge is -2.25. The molecule has 1 atom stereocenters. The molecule has 3 heterocycles. The molecular weight excluding hydrogens is 558 g/mol.